The number of anilines is 1. The Bertz CT molecular complexity index is 680. The van der Waals surface area contributed by atoms with Gasteiger partial charge in [-0.1, -0.05) is 11.6 Å². The lowest BCUT2D eigenvalue weighted by atomic mass is 9.99. The Morgan fingerprint density at radius 3 is 2.77 bits per heavy atom. The molecule has 116 valence electrons. The smallest absolute Gasteiger partial charge is 0.127 e. The predicted octanol–water partition coefficient (Wildman–Crippen LogP) is 2.82. The number of hydrogen-bond donors (Lipinski definition) is 2. The molecular weight excluding hydrogens is 300 g/mol. The van der Waals surface area contributed by atoms with Crippen molar-refractivity contribution >= 4 is 17.4 Å². The average molecular weight is 319 g/mol. The van der Waals surface area contributed by atoms with E-state index in [-0.39, 0.29) is 11.6 Å². The minimum absolute atomic E-state index is 0.115. The van der Waals surface area contributed by atoms with E-state index in [0.29, 0.717) is 17.4 Å². The van der Waals surface area contributed by atoms with Gasteiger partial charge in [-0.25, -0.2) is 9.97 Å². The molecule has 5 nitrogen and oxygen atoms in total. The third-order valence-corrected chi connectivity index (χ3v) is 3.94. The predicted molar refractivity (Wildman–Crippen MR) is 87.7 cm³/mol. The van der Waals surface area contributed by atoms with Gasteiger partial charge in [0, 0.05) is 23.2 Å². The molecule has 2 heterocycles. The normalized spacial score (nSPS) is 20.8. The number of halogens is 1. The van der Waals surface area contributed by atoms with Crippen molar-refractivity contribution in [1.29, 1.82) is 0 Å². The van der Waals surface area contributed by atoms with E-state index in [4.69, 9.17) is 22.1 Å². The Morgan fingerprint density at radius 1 is 1.27 bits per heavy atom. The monoisotopic (exact) mass is 318 g/mol. The molecule has 1 saturated heterocycles. The molecule has 1 fully saturated rings. The number of aromatic nitrogens is 2. The Balaban J connectivity index is 1.91. The maximum Gasteiger partial charge on any atom is 0.127 e. The zero-order valence-electron chi connectivity index (χ0n) is 12.6. The van der Waals surface area contributed by atoms with E-state index in [1.54, 1.807) is 6.07 Å². The first-order chi connectivity index (χ1) is 10.4. The summed E-state index contributed by atoms with van der Waals surface area (Å²) in [5.74, 6) is 0.437. The van der Waals surface area contributed by atoms with Crippen molar-refractivity contribution in [2.75, 3.05) is 18.9 Å². The van der Waals surface area contributed by atoms with Crippen LogP contribution in [0.15, 0.2) is 30.6 Å². The average Bonchev–Trinajstić information content (AvgIpc) is 2.46. The first-order valence-electron chi connectivity index (χ1n) is 7.19. The second-order valence-corrected chi connectivity index (χ2v) is 6.54. The van der Waals surface area contributed by atoms with E-state index in [2.05, 4.69) is 35.2 Å². The summed E-state index contributed by atoms with van der Waals surface area (Å²) in [6, 6.07) is 7.75. The molecule has 1 unspecified atom stereocenters. The van der Waals surface area contributed by atoms with Crippen LogP contribution in [0.2, 0.25) is 5.02 Å². The number of benzene rings is 1. The highest BCUT2D eigenvalue weighted by molar-refractivity contribution is 6.31. The molecule has 1 atom stereocenters. The van der Waals surface area contributed by atoms with Gasteiger partial charge in [-0.2, -0.15) is 0 Å². The summed E-state index contributed by atoms with van der Waals surface area (Å²) in [4.78, 5) is 8.18. The lowest BCUT2D eigenvalue weighted by Gasteiger charge is -2.36. The number of nitrogens with two attached hydrogens (primary N) is 1. The van der Waals surface area contributed by atoms with Crippen LogP contribution in [0.5, 0.6) is 0 Å². The quantitative estimate of drug-likeness (QED) is 0.890. The molecule has 1 aromatic heterocycles. The molecule has 0 radical (unpaired) electrons. The van der Waals surface area contributed by atoms with Crippen LogP contribution in [-0.4, -0.2) is 28.7 Å². The van der Waals surface area contributed by atoms with Crippen LogP contribution in [0.4, 0.5) is 5.82 Å². The fraction of sp³-hybridized carbons (Fsp3) is 0.375. The van der Waals surface area contributed by atoms with Crippen LogP contribution in [0.3, 0.4) is 0 Å². The molecule has 1 aliphatic rings. The van der Waals surface area contributed by atoms with Crippen molar-refractivity contribution in [2.24, 2.45) is 0 Å². The summed E-state index contributed by atoms with van der Waals surface area (Å²) in [7, 11) is 0. The standard InChI is InChI=1S/C16H19ClN4O/c1-16(2)8-19-14(7-22-16)11-3-10(4-12(17)5-11)13-6-15(18)21-9-20-13/h3-6,9,14,19H,7-8H2,1-2H3,(H2,18,20,21). The van der Waals surface area contributed by atoms with Gasteiger partial charge >= 0.3 is 0 Å². The molecular formula is C16H19ClN4O. The highest BCUT2D eigenvalue weighted by Crippen LogP contribution is 2.29. The summed E-state index contributed by atoms with van der Waals surface area (Å²) in [6.45, 7) is 5.55. The molecule has 0 aliphatic carbocycles. The van der Waals surface area contributed by atoms with Crippen molar-refractivity contribution in [2.45, 2.75) is 25.5 Å². The largest absolute Gasteiger partial charge is 0.384 e. The summed E-state index contributed by atoms with van der Waals surface area (Å²) in [6.07, 6.45) is 1.45. The highest BCUT2D eigenvalue weighted by Gasteiger charge is 2.28. The van der Waals surface area contributed by atoms with Gasteiger partial charge in [-0.15, -0.1) is 0 Å². The third-order valence-electron chi connectivity index (χ3n) is 3.72. The fourth-order valence-electron chi connectivity index (χ4n) is 2.49. The number of morpholine rings is 1. The zero-order valence-corrected chi connectivity index (χ0v) is 13.4. The first-order valence-corrected chi connectivity index (χ1v) is 7.56. The molecule has 1 aromatic carbocycles. The number of ether oxygens (including phenoxy) is 1. The Hall–Kier alpha value is -1.69. The van der Waals surface area contributed by atoms with E-state index in [0.717, 1.165) is 23.4 Å². The van der Waals surface area contributed by atoms with Crippen molar-refractivity contribution < 1.29 is 4.74 Å². The summed E-state index contributed by atoms with van der Waals surface area (Å²) >= 11 is 6.27. The van der Waals surface area contributed by atoms with Gasteiger partial charge in [0.1, 0.15) is 12.1 Å². The molecule has 3 N–H and O–H groups in total. The number of nitrogen functional groups attached to an aromatic ring is 1. The van der Waals surface area contributed by atoms with E-state index in [9.17, 15) is 0 Å². The van der Waals surface area contributed by atoms with Crippen LogP contribution in [0.1, 0.15) is 25.5 Å². The number of nitrogens with one attached hydrogen (secondary N) is 1. The Kier molecular flexibility index (Phi) is 4.04. The highest BCUT2D eigenvalue weighted by atomic mass is 35.5. The summed E-state index contributed by atoms with van der Waals surface area (Å²) < 4.78 is 5.89. The van der Waals surface area contributed by atoms with Crippen molar-refractivity contribution in [3.8, 4) is 11.3 Å². The van der Waals surface area contributed by atoms with E-state index >= 15 is 0 Å². The van der Waals surface area contributed by atoms with E-state index in [1.807, 2.05) is 12.1 Å². The SMILES string of the molecule is CC1(C)CNC(c2cc(Cl)cc(-c3cc(N)ncn3)c2)CO1. The minimum atomic E-state index is -0.140. The van der Waals surface area contributed by atoms with Gasteiger partial charge in [0.15, 0.2) is 0 Å². The van der Waals surface area contributed by atoms with Crippen molar-refractivity contribution in [3.05, 3.63) is 41.2 Å². The van der Waals surface area contributed by atoms with Crippen molar-refractivity contribution in [3.63, 3.8) is 0 Å². The molecule has 0 bridgehead atoms. The molecule has 1 aliphatic heterocycles. The van der Waals surface area contributed by atoms with E-state index < -0.39 is 0 Å². The second-order valence-electron chi connectivity index (χ2n) is 6.11. The lowest BCUT2D eigenvalue weighted by molar-refractivity contribution is -0.0586. The minimum Gasteiger partial charge on any atom is -0.384 e. The summed E-state index contributed by atoms with van der Waals surface area (Å²) in [5.41, 5.74) is 8.34. The van der Waals surface area contributed by atoms with Crippen LogP contribution in [0.25, 0.3) is 11.3 Å². The second kappa shape index (κ2) is 5.83. The molecule has 2 aromatic rings. The fourth-order valence-corrected chi connectivity index (χ4v) is 2.74. The van der Waals surface area contributed by atoms with E-state index in [1.165, 1.54) is 6.33 Å². The van der Waals surface area contributed by atoms with Gasteiger partial charge in [-0.05, 0) is 37.6 Å². The maximum atomic E-state index is 6.27. The van der Waals surface area contributed by atoms with Gasteiger partial charge in [0.05, 0.1) is 23.9 Å². The summed E-state index contributed by atoms with van der Waals surface area (Å²) in [5, 5.41) is 4.17. The van der Waals surface area contributed by atoms with Crippen molar-refractivity contribution in [1.82, 2.24) is 15.3 Å². The van der Waals surface area contributed by atoms with Crippen LogP contribution in [0, 0.1) is 0 Å². The first kappa shape index (κ1) is 15.2. The van der Waals surface area contributed by atoms with Gasteiger partial charge in [0.25, 0.3) is 0 Å². The van der Waals surface area contributed by atoms with Crippen LogP contribution in [-0.2, 0) is 4.74 Å². The molecule has 6 heteroatoms. The molecule has 0 amide bonds. The zero-order chi connectivity index (χ0) is 15.7. The molecule has 22 heavy (non-hydrogen) atoms. The van der Waals surface area contributed by atoms with Gasteiger partial charge in [-0.3, -0.25) is 0 Å². The maximum absolute atomic E-state index is 6.27. The third kappa shape index (κ3) is 3.38. The number of hydrogen-bond acceptors (Lipinski definition) is 5. The lowest BCUT2D eigenvalue weighted by Crippen LogP contribution is -2.47. The molecule has 3 rings (SSSR count). The van der Waals surface area contributed by atoms with Gasteiger partial charge < -0.3 is 15.8 Å². The topological polar surface area (TPSA) is 73.1 Å². The Morgan fingerprint density at radius 2 is 2.09 bits per heavy atom. The number of rotatable bonds is 2. The molecule has 0 saturated carbocycles. The van der Waals surface area contributed by atoms with Crippen LogP contribution >= 0.6 is 11.6 Å². The van der Waals surface area contributed by atoms with Gasteiger partial charge in [0.2, 0.25) is 0 Å². The number of nitrogens with zero attached hydrogens (tertiary/aromatic N) is 2. The van der Waals surface area contributed by atoms with Crippen LogP contribution < -0.4 is 11.1 Å². The molecule has 0 spiro atoms. The Labute approximate surface area is 134 Å².